The minimum absolute atomic E-state index is 0.251. The molecule has 0 saturated heterocycles. The van der Waals surface area contributed by atoms with Crippen LogP contribution in [0.4, 0.5) is 0 Å². The summed E-state index contributed by atoms with van der Waals surface area (Å²) in [6.45, 7) is 2.02. The van der Waals surface area contributed by atoms with Crippen molar-refractivity contribution in [1.82, 2.24) is 5.16 Å². The second-order valence-corrected chi connectivity index (χ2v) is 3.10. The average Bonchev–Trinajstić information content (AvgIpc) is 2.67. The normalized spacial score (nSPS) is 10.1. The zero-order chi connectivity index (χ0) is 9.97. The molecule has 14 heavy (non-hydrogen) atoms. The first-order valence-corrected chi connectivity index (χ1v) is 4.28. The molecule has 1 aromatic heterocycles. The molecule has 1 heterocycles. The number of aryl methyl sites for hydroxylation is 1. The predicted molar refractivity (Wildman–Crippen MR) is 52.1 cm³/mol. The van der Waals surface area contributed by atoms with Crippen molar-refractivity contribution in [1.29, 1.82) is 0 Å². The first-order valence-electron chi connectivity index (χ1n) is 4.28. The predicted octanol–water partition coefficient (Wildman–Crippen LogP) is 2.46. The molecule has 0 amide bonds. The number of aromatic nitrogens is 1. The largest absolute Gasteiger partial charge is 0.353 e. The van der Waals surface area contributed by atoms with Gasteiger partial charge in [0, 0.05) is 11.6 Å². The van der Waals surface area contributed by atoms with E-state index in [0.29, 0.717) is 12.0 Å². The molecule has 0 fully saturated rings. The van der Waals surface area contributed by atoms with E-state index in [9.17, 15) is 4.79 Å². The van der Waals surface area contributed by atoms with E-state index in [1.165, 1.54) is 5.56 Å². The molecule has 0 aliphatic rings. The van der Waals surface area contributed by atoms with Gasteiger partial charge in [-0.3, -0.25) is 4.79 Å². The van der Waals surface area contributed by atoms with Gasteiger partial charge in [-0.25, -0.2) is 0 Å². The molecule has 0 aliphatic carbocycles. The zero-order valence-corrected chi connectivity index (χ0v) is 7.73. The summed E-state index contributed by atoms with van der Waals surface area (Å²) in [6.07, 6.45) is 0.644. The molecular formula is C11H9NO2. The van der Waals surface area contributed by atoms with Crippen LogP contribution in [0.3, 0.4) is 0 Å². The maximum absolute atomic E-state index is 10.4. The van der Waals surface area contributed by atoms with Crippen molar-refractivity contribution in [2.75, 3.05) is 0 Å². The van der Waals surface area contributed by atoms with Crippen LogP contribution in [-0.4, -0.2) is 11.4 Å². The molecule has 0 radical (unpaired) electrons. The van der Waals surface area contributed by atoms with Gasteiger partial charge in [0.25, 0.3) is 0 Å². The summed E-state index contributed by atoms with van der Waals surface area (Å²) in [5.41, 5.74) is 2.83. The lowest BCUT2D eigenvalue weighted by molar-refractivity contribution is 0.109. The van der Waals surface area contributed by atoms with Gasteiger partial charge in [-0.1, -0.05) is 35.0 Å². The van der Waals surface area contributed by atoms with Crippen LogP contribution in [0.2, 0.25) is 0 Å². The topological polar surface area (TPSA) is 43.1 Å². The van der Waals surface area contributed by atoms with Crippen molar-refractivity contribution in [3.63, 3.8) is 0 Å². The fraction of sp³-hybridized carbons (Fsp3) is 0.0909. The van der Waals surface area contributed by atoms with E-state index >= 15 is 0 Å². The standard InChI is InChI=1S/C11H9NO2/c1-8-2-4-9(5-3-8)11-6-10(7-13)14-12-11/h2-7H,1H3. The third-order valence-electron chi connectivity index (χ3n) is 1.99. The van der Waals surface area contributed by atoms with E-state index in [2.05, 4.69) is 5.16 Å². The fourth-order valence-corrected chi connectivity index (χ4v) is 1.21. The molecule has 0 atom stereocenters. The summed E-state index contributed by atoms with van der Waals surface area (Å²) >= 11 is 0. The van der Waals surface area contributed by atoms with Crippen molar-refractivity contribution < 1.29 is 9.32 Å². The molecule has 0 unspecified atom stereocenters. The Morgan fingerprint density at radius 1 is 1.29 bits per heavy atom. The van der Waals surface area contributed by atoms with Crippen LogP contribution in [0.1, 0.15) is 16.1 Å². The molecule has 70 valence electrons. The Morgan fingerprint density at radius 3 is 2.57 bits per heavy atom. The molecule has 0 aliphatic heterocycles. The van der Waals surface area contributed by atoms with Crippen molar-refractivity contribution in [3.8, 4) is 11.3 Å². The minimum atomic E-state index is 0.251. The quantitative estimate of drug-likeness (QED) is 0.678. The van der Waals surface area contributed by atoms with E-state index < -0.39 is 0 Å². The molecule has 2 rings (SSSR count). The third kappa shape index (κ3) is 1.57. The van der Waals surface area contributed by atoms with Gasteiger partial charge in [0.2, 0.25) is 0 Å². The second-order valence-electron chi connectivity index (χ2n) is 3.10. The Hall–Kier alpha value is -1.90. The number of rotatable bonds is 2. The van der Waals surface area contributed by atoms with Crippen LogP contribution in [0.25, 0.3) is 11.3 Å². The Kier molecular flexibility index (Phi) is 2.14. The van der Waals surface area contributed by atoms with Crippen LogP contribution in [0, 0.1) is 6.92 Å². The SMILES string of the molecule is Cc1ccc(-c2cc(C=O)on2)cc1. The molecular weight excluding hydrogens is 178 g/mol. The smallest absolute Gasteiger partial charge is 0.199 e. The minimum Gasteiger partial charge on any atom is -0.353 e. The number of benzene rings is 1. The number of carbonyl (C=O) groups is 1. The number of aldehydes is 1. The molecule has 0 bridgehead atoms. The van der Waals surface area contributed by atoms with Crippen molar-refractivity contribution >= 4 is 6.29 Å². The van der Waals surface area contributed by atoms with Gasteiger partial charge < -0.3 is 4.52 Å². The third-order valence-corrected chi connectivity index (χ3v) is 1.99. The zero-order valence-electron chi connectivity index (χ0n) is 7.73. The number of hydrogen-bond acceptors (Lipinski definition) is 3. The van der Waals surface area contributed by atoms with Gasteiger partial charge in [-0.15, -0.1) is 0 Å². The van der Waals surface area contributed by atoms with Gasteiger partial charge in [0.1, 0.15) is 5.69 Å². The molecule has 3 nitrogen and oxygen atoms in total. The average molecular weight is 187 g/mol. The maximum atomic E-state index is 10.4. The fourth-order valence-electron chi connectivity index (χ4n) is 1.21. The number of nitrogens with zero attached hydrogens (tertiary/aromatic N) is 1. The summed E-state index contributed by atoms with van der Waals surface area (Å²) in [6, 6.07) is 9.50. The molecule has 0 saturated carbocycles. The summed E-state index contributed by atoms with van der Waals surface area (Å²) in [4.78, 5) is 10.4. The Labute approximate surface area is 81.3 Å². The number of hydrogen-bond donors (Lipinski definition) is 0. The van der Waals surface area contributed by atoms with Gasteiger partial charge >= 0.3 is 0 Å². The van der Waals surface area contributed by atoms with Crippen molar-refractivity contribution in [3.05, 3.63) is 41.7 Å². The highest BCUT2D eigenvalue weighted by atomic mass is 16.5. The molecule has 0 spiro atoms. The lowest BCUT2D eigenvalue weighted by Crippen LogP contribution is -1.77. The van der Waals surface area contributed by atoms with E-state index in [1.807, 2.05) is 31.2 Å². The van der Waals surface area contributed by atoms with Crippen LogP contribution >= 0.6 is 0 Å². The van der Waals surface area contributed by atoms with Crippen LogP contribution in [0.5, 0.6) is 0 Å². The second kappa shape index (κ2) is 3.46. The van der Waals surface area contributed by atoms with Gasteiger partial charge in [-0.2, -0.15) is 0 Å². The van der Waals surface area contributed by atoms with Crippen LogP contribution in [-0.2, 0) is 0 Å². The highest BCUT2D eigenvalue weighted by Gasteiger charge is 2.04. The van der Waals surface area contributed by atoms with Gasteiger partial charge in [0.15, 0.2) is 12.0 Å². The highest BCUT2D eigenvalue weighted by Crippen LogP contribution is 2.18. The van der Waals surface area contributed by atoms with E-state index in [1.54, 1.807) is 6.07 Å². The molecule has 0 N–H and O–H groups in total. The molecule has 2 aromatic rings. The molecule has 3 heteroatoms. The summed E-state index contributed by atoms with van der Waals surface area (Å²) in [7, 11) is 0. The maximum Gasteiger partial charge on any atom is 0.199 e. The van der Waals surface area contributed by atoms with Crippen molar-refractivity contribution in [2.24, 2.45) is 0 Å². The van der Waals surface area contributed by atoms with Crippen LogP contribution in [0.15, 0.2) is 34.9 Å². The Bertz CT molecular complexity index is 443. The lowest BCUT2D eigenvalue weighted by atomic mass is 10.1. The Balaban J connectivity index is 2.39. The number of carbonyl (C=O) groups excluding carboxylic acids is 1. The highest BCUT2D eigenvalue weighted by molar-refractivity contribution is 5.73. The van der Waals surface area contributed by atoms with E-state index in [4.69, 9.17) is 4.52 Å². The van der Waals surface area contributed by atoms with E-state index in [-0.39, 0.29) is 5.76 Å². The summed E-state index contributed by atoms with van der Waals surface area (Å²) in [5, 5.41) is 3.78. The van der Waals surface area contributed by atoms with Gasteiger partial charge in [-0.05, 0) is 6.92 Å². The first-order chi connectivity index (χ1) is 6.79. The lowest BCUT2D eigenvalue weighted by Gasteiger charge is -1.94. The molecule has 1 aromatic carbocycles. The summed E-state index contributed by atoms with van der Waals surface area (Å²) in [5.74, 6) is 0.251. The van der Waals surface area contributed by atoms with Gasteiger partial charge in [0.05, 0.1) is 0 Å². The van der Waals surface area contributed by atoms with E-state index in [0.717, 1.165) is 5.56 Å². The first kappa shape index (κ1) is 8.69. The monoisotopic (exact) mass is 187 g/mol. The summed E-state index contributed by atoms with van der Waals surface area (Å²) < 4.78 is 4.78. The van der Waals surface area contributed by atoms with Crippen LogP contribution < -0.4 is 0 Å². The van der Waals surface area contributed by atoms with Crippen molar-refractivity contribution in [2.45, 2.75) is 6.92 Å². The Morgan fingerprint density at radius 2 is 2.00 bits per heavy atom.